The molecule has 176 valence electrons. The molecule has 5 rings (SSSR count). The Balaban J connectivity index is 1.36. The first kappa shape index (κ1) is 23.2. The van der Waals surface area contributed by atoms with Crippen LogP contribution in [0.3, 0.4) is 0 Å². The summed E-state index contributed by atoms with van der Waals surface area (Å²) in [7, 11) is -3.51. The number of carbonyl (C=O) groups excluding carboxylic acids is 1. The number of benzene rings is 1. The number of nitrogens with two attached hydrogens (primary N) is 1. The number of amides is 1. The minimum absolute atomic E-state index is 0.00399. The van der Waals surface area contributed by atoms with E-state index < -0.39 is 21.4 Å². The molecule has 4 aliphatic carbocycles. The van der Waals surface area contributed by atoms with E-state index >= 15 is 0 Å². The molecule has 4 saturated carbocycles. The predicted molar refractivity (Wildman–Crippen MR) is 116 cm³/mol. The van der Waals surface area contributed by atoms with Crippen LogP contribution < -0.4 is 15.8 Å². The zero-order valence-electron chi connectivity index (χ0n) is 18.0. The van der Waals surface area contributed by atoms with Gasteiger partial charge in [0.1, 0.15) is 12.4 Å². The van der Waals surface area contributed by atoms with E-state index in [2.05, 4.69) is 5.32 Å². The van der Waals surface area contributed by atoms with Gasteiger partial charge in [0.15, 0.2) is 15.5 Å². The first-order chi connectivity index (χ1) is 15.1. The quantitative estimate of drug-likeness (QED) is 0.579. The fourth-order valence-corrected chi connectivity index (χ4v) is 6.85. The summed E-state index contributed by atoms with van der Waals surface area (Å²) in [5, 5.41) is 2.96. The molecule has 0 aromatic heterocycles. The second-order valence-electron chi connectivity index (χ2n) is 9.69. The van der Waals surface area contributed by atoms with Crippen molar-refractivity contribution in [1.29, 1.82) is 0 Å². The summed E-state index contributed by atoms with van der Waals surface area (Å²) >= 11 is 0. The Morgan fingerprint density at radius 2 is 1.66 bits per heavy atom. The average molecular weight is 469 g/mol. The van der Waals surface area contributed by atoms with Gasteiger partial charge in [-0.2, -0.15) is 0 Å². The van der Waals surface area contributed by atoms with Crippen LogP contribution in [-0.2, 0) is 14.6 Å². The van der Waals surface area contributed by atoms with Crippen molar-refractivity contribution in [1.82, 2.24) is 5.32 Å². The number of hydrogen-bond acceptors (Lipinski definition) is 5. The summed E-state index contributed by atoms with van der Waals surface area (Å²) in [6, 6.07) is 6.14. The van der Waals surface area contributed by atoms with E-state index in [4.69, 9.17) is 10.5 Å². The summed E-state index contributed by atoms with van der Waals surface area (Å²) in [4.78, 5) is 12.4. The highest BCUT2D eigenvalue weighted by Crippen LogP contribution is 2.54. The molecular formula is C23H30F2N2O4S. The third-order valence-corrected chi connectivity index (χ3v) is 9.38. The van der Waals surface area contributed by atoms with Gasteiger partial charge in [0.2, 0.25) is 0 Å². The summed E-state index contributed by atoms with van der Waals surface area (Å²) in [5.41, 5.74) is 3.32. The minimum Gasteiger partial charge on any atom is -0.489 e. The van der Waals surface area contributed by atoms with Crippen LogP contribution in [0.25, 0.3) is 0 Å². The van der Waals surface area contributed by atoms with Gasteiger partial charge in [-0.3, -0.25) is 4.79 Å². The molecule has 4 aliphatic rings. The highest BCUT2D eigenvalue weighted by molar-refractivity contribution is 7.91. The van der Waals surface area contributed by atoms with E-state index in [1.54, 1.807) is 12.1 Å². The second kappa shape index (κ2) is 8.41. The average Bonchev–Trinajstić information content (AvgIpc) is 3.54. The van der Waals surface area contributed by atoms with Crippen LogP contribution in [0.15, 0.2) is 41.1 Å². The molecule has 32 heavy (non-hydrogen) atoms. The van der Waals surface area contributed by atoms with E-state index in [0.717, 1.165) is 0 Å². The Morgan fingerprint density at radius 3 is 2.16 bits per heavy atom. The van der Waals surface area contributed by atoms with Crippen molar-refractivity contribution in [2.75, 3.05) is 18.9 Å². The lowest BCUT2D eigenvalue weighted by Gasteiger charge is -2.53. The number of hydrogen-bond donors (Lipinski definition) is 2. The number of carbonyl (C=O) groups is 1. The van der Waals surface area contributed by atoms with Crippen molar-refractivity contribution in [2.24, 2.45) is 11.1 Å². The van der Waals surface area contributed by atoms with Crippen LogP contribution in [0, 0.1) is 5.41 Å². The maximum absolute atomic E-state index is 14.1. The molecule has 1 aromatic carbocycles. The molecule has 0 atom stereocenters. The number of rotatable bonds is 9. The van der Waals surface area contributed by atoms with Gasteiger partial charge in [0.25, 0.3) is 5.91 Å². The Morgan fingerprint density at radius 1 is 1.06 bits per heavy atom. The summed E-state index contributed by atoms with van der Waals surface area (Å²) in [6.07, 6.45) is 5.14. The summed E-state index contributed by atoms with van der Waals surface area (Å²) in [5.74, 6) is -0.00591. The molecule has 0 spiro atoms. The highest BCUT2D eigenvalue weighted by Gasteiger charge is 2.56. The zero-order valence-corrected chi connectivity index (χ0v) is 18.9. The molecule has 0 aliphatic heterocycles. The van der Waals surface area contributed by atoms with Gasteiger partial charge in [-0.05, 0) is 81.0 Å². The van der Waals surface area contributed by atoms with Gasteiger partial charge in [-0.15, -0.1) is 0 Å². The van der Waals surface area contributed by atoms with E-state index in [1.807, 2.05) is 0 Å². The lowest BCUT2D eigenvalue weighted by Crippen LogP contribution is -2.59. The van der Waals surface area contributed by atoms with E-state index in [-0.39, 0.29) is 34.8 Å². The summed E-state index contributed by atoms with van der Waals surface area (Å²) < 4.78 is 58.3. The number of halogens is 2. The lowest BCUT2D eigenvalue weighted by molar-refractivity contribution is -0.131. The van der Waals surface area contributed by atoms with E-state index in [0.29, 0.717) is 69.0 Å². The lowest BCUT2D eigenvalue weighted by atomic mass is 9.58. The van der Waals surface area contributed by atoms with Crippen LogP contribution in [0.1, 0.15) is 51.4 Å². The Labute approximate surface area is 187 Å². The largest absolute Gasteiger partial charge is 0.489 e. The molecule has 3 N–H and O–H groups in total. The maximum atomic E-state index is 14.1. The van der Waals surface area contributed by atoms with Crippen molar-refractivity contribution in [3.8, 4) is 5.75 Å². The highest BCUT2D eigenvalue weighted by atomic mass is 32.2. The molecule has 0 heterocycles. The predicted octanol–water partition coefficient (Wildman–Crippen LogP) is 3.36. The van der Waals surface area contributed by atoms with Crippen LogP contribution in [0.4, 0.5) is 8.78 Å². The molecule has 0 unspecified atom stereocenters. The normalized spacial score (nSPS) is 28.9. The summed E-state index contributed by atoms with van der Waals surface area (Å²) in [6.45, 7) is 0.0503. The topological polar surface area (TPSA) is 98.5 Å². The Bertz CT molecular complexity index is 979. The third kappa shape index (κ3) is 4.69. The molecule has 0 radical (unpaired) electrons. The van der Waals surface area contributed by atoms with Crippen molar-refractivity contribution in [3.05, 3.63) is 36.2 Å². The molecule has 1 amide bonds. The second-order valence-corrected chi connectivity index (χ2v) is 11.7. The van der Waals surface area contributed by atoms with Crippen LogP contribution in [-0.4, -0.2) is 44.4 Å². The molecule has 4 fully saturated rings. The number of nitrogens with one attached hydrogen (secondary N) is 1. The van der Waals surface area contributed by atoms with E-state index in [1.165, 1.54) is 12.1 Å². The first-order valence-corrected chi connectivity index (χ1v) is 12.7. The molecular weight excluding hydrogens is 438 g/mol. The van der Waals surface area contributed by atoms with Gasteiger partial charge < -0.3 is 15.8 Å². The van der Waals surface area contributed by atoms with Crippen molar-refractivity contribution in [3.63, 3.8) is 0 Å². The molecule has 0 saturated heterocycles. The molecule has 9 heteroatoms. The van der Waals surface area contributed by atoms with Gasteiger partial charge in [-0.25, -0.2) is 17.2 Å². The smallest absolute Gasteiger partial charge is 0.258 e. The fraction of sp³-hybridized carbons (Fsp3) is 0.609. The molecule has 1 aromatic rings. The van der Waals surface area contributed by atoms with Gasteiger partial charge >= 0.3 is 0 Å². The fourth-order valence-electron chi connectivity index (χ4n) is 4.90. The minimum atomic E-state index is -3.51. The first-order valence-electron chi connectivity index (χ1n) is 11.1. The maximum Gasteiger partial charge on any atom is 0.258 e. The third-order valence-electron chi connectivity index (χ3n) is 7.40. The number of alkyl halides is 1. The number of sulfone groups is 1. The van der Waals surface area contributed by atoms with Gasteiger partial charge in [0, 0.05) is 17.7 Å². The van der Waals surface area contributed by atoms with Crippen molar-refractivity contribution >= 4 is 15.7 Å². The number of ether oxygens (including phenoxy) is 1. The van der Waals surface area contributed by atoms with Crippen LogP contribution >= 0.6 is 0 Å². The molecule has 6 nitrogen and oxygen atoms in total. The van der Waals surface area contributed by atoms with Crippen molar-refractivity contribution in [2.45, 2.75) is 67.5 Å². The van der Waals surface area contributed by atoms with Gasteiger partial charge in [0.05, 0.1) is 17.0 Å². The zero-order chi connectivity index (χ0) is 23.0. The SMILES string of the molecule is NC/C(=C\F)COc1ccc(S(=O)(=O)CC23CCC(NC(=O)C4(F)CC4)(CC2)CC3)cc1. The Hall–Kier alpha value is -2.00. The molecule has 2 bridgehead atoms. The number of fused-ring (bicyclic) bond motifs is 3. The van der Waals surface area contributed by atoms with E-state index in [9.17, 15) is 22.0 Å². The van der Waals surface area contributed by atoms with Crippen LogP contribution in [0.5, 0.6) is 5.75 Å². The Kier molecular flexibility index (Phi) is 6.09. The monoisotopic (exact) mass is 468 g/mol. The van der Waals surface area contributed by atoms with Crippen molar-refractivity contribution < 1.29 is 26.7 Å². The van der Waals surface area contributed by atoms with Gasteiger partial charge in [-0.1, -0.05) is 0 Å². The van der Waals surface area contributed by atoms with Crippen LogP contribution in [0.2, 0.25) is 0 Å². The standard InChI is InChI=1S/C23H30F2N2O4S/c24-13-17(14-26)15-31-18-1-3-19(4-2-18)32(29,30)16-21-5-8-22(9-6-21,10-7-21)27-20(28)23(25)11-12-23/h1-4,13H,5-12,14-16,26H2,(H,27,28)/b17-13+.